The Morgan fingerprint density at radius 1 is 1.13 bits per heavy atom. The molecule has 1 aliphatic rings. The lowest BCUT2D eigenvalue weighted by Gasteiger charge is -2.37. The Kier molecular flexibility index (Phi) is 5.64. The molecule has 7 heteroatoms. The molecule has 0 unspecified atom stereocenters. The van der Waals surface area contributed by atoms with Gasteiger partial charge in [-0.2, -0.15) is 5.10 Å². The van der Waals surface area contributed by atoms with Gasteiger partial charge in [-0.1, -0.05) is 12.1 Å². The molecule has 0 atom stereocenters. The normalized spacial score (nSPS) is 17.2. The average molecular weight is 427 g/mol. The fourth-order valence-corrected chi connectivity index (χ4v) is 4.23. The molecular weight excluding hydrogens is 398 g/mol. The number of nitrogens with zero attached hydrogens (tertiary/aromatic N) is 4. The number of halogens is 2. The highest BCUT2D eigenvalue weighted by atomic mass is 19.1. The van der Waals surface area contributed by atoms with E-state index in [9.17, 15) is 9.18 Å². The first-order valence-corrected chi connectivity index (χ1v) is 10.6. The number of hydrogen-bond donors (Lipinski definition) is 0. The van der Waals surface area contributed by atoms with Crippen LogP contribution < -0.4 is 0 Å². The SMILES string of the molecule is Cn1cc(-c2ccc3cnc(CC(=O)C4(F)CCN(CC(C)(C)F)CC4)cc3c2)cn1. The molecule has 2 aromatic heterocycles. The first-order valence-electron chi connectivity index (χ1n) is 10.6. The van der Waals surface area contributed by atoms with Crippen molar-refractivity contribution in [2.75, 3.05) is 19.6 Å². The van der Waals surface area contributed by atoms with E-state index in [0.29, 0.717) is 18.8 Å². The van der Waals surface area contributed by atoms with Crippen LogP contribution in [-0.2, 0) is 18.3 Å². The number of aromatic nitrogens is 3. The van der Waals surface area contributed by atoms with E-state index in [1.165, 1.54) is 13.8 Å². The van der Waals surface area contributed by atoms with E-state index in [0.717, 1.165) is 21.9 Å². The number of pyridine rings is 1. The Balaban J connectivity index is 1.47. The van der Waals surface area contributed by atoms with Crippen LogP contribution in [0.2, 0.25) is 0 Å². The molecule has 31 heavy (non-hydrogen) atoms. The van der Waals surface area contributed by atoms with Crippen molar-refractivity contribution in [2.24, 2.45) is 7.05 Å². The summed E-state index contributed by atoms with van der Waals surface area (Å²) in [5.74, 6) is -0.443. The number of carbonyl (C=O) groups is 1. The zero-order valence-corrected chi connectivity index (χ0v) is 18.2. The van der Waals surface area contributed by atoms with E-state index in [1.807, 2.05) is 42.4 Å². The number of aryl methyl sites for hydroxylation is 1. The van der Waals surface area contributed by atoms with Gasteiger partial charge in [0.1, 0.15) is 5.67 Å². The van der Waals surface area contributed by atoms with E-state index in [1.54, 1.807) is 17.1 Å². The van der Waals surface area contributed by atoms with Gasteiger partial charge in [0, 0.05) is 68.6 Å². The molecule has 1 aromatic carbocycles. The van der Waals surface area contributed by atoms with Crippen molar-refractivity contribution >= 4 is 16.6 Å². The third-order valence-corrected chi connectivity index (χ3v) is 5.91. The van der Waals surface area contributed by atoms with E-state index in [-0.39, 0.29) is 25.8 Å². The van der Waals surface area contributed by atoms with Crippen LogP contribution in [0.25, 0.3) is 21.9 Å². The summed E-state index contributed by atoms with van der Waals surface area (Å²) in [5, 5.41) is 6.12. The monoisotopic (exact) mass is 426 g/mol. The molecule has 1 fully saturated rings. The first kappa shape index (κ1) is 21.6. The van der Waals surface area contributed by atoms with Crippen molar-refractivity contribution in [1.82, 2.24) is 19.7 Å². The van der Waals surface area contributed by atoms with Crippen molar-refractivity contribution in [3.63, 3.8) is 0 Å². The predicted octanol–water partition coefficient (Wildman–Crippen LogP) is 4.30. The topological polar surface area (TPSA) is 51.0 Å². The van der Waals surface area contributed by atoms with Crippen molar-refractivity contribution in [3.05, 3.63) is 48.5 Å². The van der Waals surface area contributed by atoms with Crippen molar-refractivity contribution in [2.45, 2.75) is 44.4 Å². The molecule has 1 aliphatic heterocycles. The number of ketones is 1. The number of Topliss-reactive ketones (excluding diaryl/α,β-unsaturated/α-hetero) is 1. The highest BCUT2D eigenvalue weighted by Gasteiger charge is 2.42. The third kappa shape index (κ3) is 4.98. The lowest BCUT2D eigenvalue weighted by Crippen LogP contribution is -2.49. The van der Waals surface area contributed by atoms with Gasteiger partial charge in [-0.05, 0) is 36.9 Å². The number of alkyl halides is 2. The molecule has 0 spiro atoms. The standard InChI is InChI=1S/C24H28F2N4O/c1-23(2,25)16-30-8-6-24(26,7-9-30)22(31)12-21-11-19-10-17(4-5-18(19)13-27-21)20-14-28-29(3)15-20/h4-5,10-11,13-15H,6-9,12,16H2,1-3H3. The number of hydrogen-bond acceptors (Lipinski definition) is 4. The Morgan fingerprint density at radius 2 is 1.87 bits per heavy atom. The minimum atomic E-state index is -1.87. The molecule has 3 aromatic rings. The molecule has 0 aliphatic carbocycles. The maximum atomic E-state index is 15.4. The van der Waals surface area contributed by atoms with Gasteiger partial charge >= 0.3 is 0 Å². The largest absolute Gasteiger partial charge is 0.300 e. The summed E-state index contributed by atoms with van der Waals surface area (Å²) in [5.41, 5.74) is -0.612. The summed E-state index contributed by atoms with van der Waals surface area (Å²) in [4.78, 5) is 19.1. The van der Waals surface area contributed by atoms with Crippen molar-refractivity contribution < 1.29 is 13.6 Å². The van der Waals surface area contributed by atoms with Crippen LogP contribution in [0, 0.1) is 0 Å². The number of benzene rings is 1. The zero-order valence-electron chi connectivity index (χ0n) is 18.2. The number of piperidine rings is 1. The summed E-state index contributed by atoms with van der Waals surface area (Å²) in [6.07, 6.45) is 5.62. The second-order valence-electron chi connectivity index (χ2n) is 9.20. The Hall–Kier alpha value is -2.67. The molecule has 0 radical (unpaired) electrons. The van der Waals surface area contributed by atoms with Gasteiger partial charge in [-0.25, -0.2) is 8.78 Å². The summed E-state index contributed by atoms with van der Waals surface area (Å²) in [7, 11) is 1.87. The van der Waals surface area contributed by atoms with Gasteiger partial charge in [0.25, 0.3) is 0 Å². The maximum Gasteiger partial charge on any atom is 0.175 e. The number of likely N-dealkylation sites (tertiary alicyclic amines) is 1. The lowest BCUT2D eigenvalue weighted by molar-refractivity contribution is -0.133. The quantitative estimate of drug-likeness (QED) is 0.590. The Morgan fingerprint density at radius 3 is 2.52 bits per heavy atom. The summed E-state index contributed by atoms with van der Waals surface area (Å²) >= 11 is 0. The first-order chi connectivity index (χ1) is 14.6. The maximum absolute atomic E-state index is 15.4. The smallest absolute Gasteiger partial charge is 0.175 e. The van der Waals surface area contributed by atoms with Gasteiger partial charge in [0.05, 0.1) is 12.6 Å². The van der Waals surface area contributed by atoms with Crippen LogP contribution in [0.5, 0.6) is 0 Å². The van der Waals surface area contributed by atoms with Crippen LogP contribution in [0.15, 0.2) is 42.9 Å². The van der Waals surface area contributed by atoms with Crippen molar-refractivity contribution in [1.29, 1.82) is 0 Å². The van der Waals surface area contributed by atoms with Gasteiger partial charge in [-0.15, -0.1) is 0 Å². The average Bonchev–Trinajstić information content (AvgIpc) is 3.14. The Labute approximate surface area is 181 Å². The van der Waals surface area contributed by atoms with Gasteiger partial charge < -0.3 is 0 Å². The van der Waals surface area contributed by atoms with Crippen molar-refractivity contribution in [3.8, 4) is 11.1 Å². The second-order valence-corrected chi connectivity index (χ2v) is 9.20. The number of rotatable bonds is 6. The summed E-state index contributed by atoms with van der Waals surface area (Å²) in [6, 6.07) is 7.88. The van der Waals surface area contributed by atoms with Gasteiger partial charge in [0.2, 0.25) is 0 Å². The molecule has 164 valence electrons. The minimum Gasteiger partial charge on any atom is -0.300 e. The van der Waals surface area contributed by atoms with Crippen LogP contribution in [0.3, 0.4) is 0 Å². The molecule has 0 N–H and O–H groups in total. The van der Waals surface area contributed by atoms with Crippen LogP contribution in [0.4, 0.5) is 8.78 Å². The molecule has 3 heterocycles. The van der Waals surface area contributed by atoms with E-state index in [4.69, 9.17) is 0 Å². The molecule has 0 bridgehead atoms. The highest BCUT2D eigenvalue weighted by Crippen LogP contribution is 2.30. The van der Waals surface area contributed by atoms with E-state index >= 15 is 4.39 Å². The van der Waals surface area contributed by atoms with Gasteiger partial charge in [-0.3, -0.25) is 19.4 Å². The summed E-state index contributed by atoms with van der Waals surface area (Å²) < 4.78 is 31.0. The summed E-state index contributed by atoms with van der Waals surface area (Å²) in [6.45, 7) is 4.05. The fourth-order valence-electron chi connectivity index (χ4n) is 4.23. The molecule has 5 nitrogen and oxygen atoms in total. The van der Waals surface area contributed by atoms with E-state index < -0.39 is 17.1 Å². The molecule has 0 saturated carbocycles. The molecule has 4 rings (SSSR count). The number of carbonyl (C=O) groups excluding carboxylic acids is 1. The predicted molar refractivity (Wildman–Crippen MR) is 117 cm³/mol. The molecule has 1 saturated heterocycles. The molecule has 0 amide bonds. The minimum absolute atomic E-state index is 0.0435. The van der Waals surface area contributed by atoms with Gasteiger partial charge in [0.15, 0.2) is 11.5 Å². The molecular formula is C24H28F2N4O. The van der Waals surface area contributed by atoms with Crippen LogP contribution in [0.1, 0.15) is 32.4 Å². The van der Waals surface area contributed by atoms with E-state index in [2.05, 4.69) is 10.1 Å². The second kappa shape index (κ2) is 8.11. The Bertz CT molecular complexity index is 1090. The lowest BCUT2D eigenvalue weighted by atomic mass is 9.86. The van der Waals surface area contributed by atoms with Crippen LogP contribution in [-0.4, -0.2) is 56.4 Å². The fraction of sp³-hybridized carbons (Fsp3) is 0.458. The third-order valence-electron chi connectivity index (χ3n) is 5.91. The zero-order chi connectivity index (χ0) is 22.2. The number of fused-ring (bicyclic) bond motifs is 1. The highest BCUT2D eigenvalue weighted by molar-refractivity contribution is 5.91. The van der Waals surface area contributed by atoms with Crippen LogP contribution >= 0.6 is 0 Å².